The van der Waals surface area contributed by atoms with Gasteiger partial charge in [-0.2, -0.15) is 5.26 Å². The smallest absolute Gasteiger partial charge is 0.250 e. The molecular formula is C19H16F2N4O2. The Morgan fingerprint density at radius 3 is 2.81 bits per heavy atom. The number of alkyl halides is 1. The Balaban J connectivity index is 2.32. The molecular weight excluding hydrogens is 354 g/mol. The maximum absolute atomic E-state index is 15.0. The highest BCUT2D eigenvalue weighted by molar-refractivity contribution is 6.10. The molecule has 0 fully saturated rings. The van der Waals surface area contributed by atoms with Crippen LogP contribution in [0.5, 0.6) is 0 Å². The van der Waals surface area contributed by atoms with E-state index < -0.39 is 23.8 Å². The fourth-order valence-corrected chi connectivity index (χ4v) is 3.38. The number of fused-ring (bicyclic) bond motifs is 1. The normalized spacial score (nSPS) is 16.7. The van der Waals surface area contributed by atoms with Crippen molar-refractivity contribution < 1.29 is 18.4 Å². The topological polar surface area (TPSA) is 103 Å². The van der Waals surface area contributed by atoms with Crippen LogP contribution in [0, 0.1) is 24.1 Å². The molecule has 0 saturated heterocycles. The third kappa shape index (κ3) is 2.97. The number of aromatic nitrogens is 1. The fraction of sp³-hybridized carbons (Fsp3) is 0.211. The van der Waals surface area contributed by atoms with Gasteiger partial charge >= 0.3 is 0 Å². The number of aryl methyl sites for hydroxylation is 1. The molecule has 1 atom stereocenters. The number of nitriles is 1. The largest absolute Gasteiger partial charge is 0.366 e. The maximum atomic E-state index is 15.0. The average Bonchev–Trinajstić information content (AvgIpc) is 2.95. The molecule has 8 heteroatoms. The average molecular weight is 370 g/mol. The van der Waals surface area contributed by atoms with E-state index in [1.54, 1.807) is 6.92 Å². The first-order valence-electron chi connectivity index (χ1n) is 8.09. The molecule has 0 spiro atoms. The molecule has 2 aromatic rings. The summed E-state index contributed by atoms with van der Waals surface area (Å²) in [7, 11) is 0. The van der Waals surface area contributed by atoms with Gasteiger partial charge in [0.25, 0.3) is 5.91 Å². The van der Waals surface area contributed by atoms with Crippen LogP contribution in [0.4, 0.5) is 8.78 Å². The van der Waals surface area contributed by atoms with Crippen LogP contribution < -0.4 is 5.73 Å². The lowest BCUT2D eigenvalue weighted by atomic mass is 9.92. The number of rotatable bonds is 3. The Kier molecular flexibility index (Phi) is 4.54. The number of hydrogen-bond donors (Lipinski definition) is 2. The number of halogens is 2. The molecule has 0 saturated carbocycles. The van der Waals surface area contributed by atoms with E-state index in [2.05, 4.69) is 11.6 Å². The van der Waals surface area contributed by atoms with Gasteiger partial charge in [-0.05, 0) is 30.7 Å². The van der Waals surface area contributed by atoms with Gasteiger partial charge in [-0.1, -0.05) is 6.58 Å². The third-order valence-electron chi connectivity index (χ3n) is 4.54. The van der Waals surface area contributed by atoms with Gasteiger partial charge in [0.15, 0.2) is 0 Å². The van der Waals surface area contributed by atoms with E-state index >= 15 is 0 Å². The van der Waals surface area contributed by atoms with E-state index in [1.807, 2.05) is 6.07 Å². The van der Waals surface area contributed by atoms with Crippen molar-refractivity contribution in [1.29, 1.82) is 5.26 Å². The van der Waals surface area contributed by atoms with Crippen molar-refractivity contribution in [2.75, 3.05) is 13.1 Å². The minimum Gasteiger partial charge on any atom is -0.366 e. The van der Waals surface area contributed by atoms with Gasteiger partial charge < -0.3 is 15.6 Å². The molecule has 1 aliphatic rings. The van der Waals surface area contributed by atoms with Gasteiger partial charge in [-0.15, -0.1) is 0 Å². The van der Waals surface area contributed by atoms with Crippen LogP contribution in [0.2, 0.25) is 0 Å². The molecule has 1 aromatic heterocycles. The summed E-state index contributed by atoms with van der Waals surface area (Å²) in [6, 6.07) is 2.94. The number of H-pyrrole nitrogens is 1. The summed E-state index contributed by atoms with van der Waals surface area (Å²) in [5.74, 6) is -2.17. The number of amides is 2. The Morgan fingerprint density at radius 2 is 2.22 bits per heavy atom. The molecule has 1 aromatic carbocycles. The van der Waals surface area contributed by atoms with Crippen molar-refractivity contribution in [3.63, 3.8) is 0 Å². The molecule has 2 heterocycles. The highest BCUT2D eigenvalue weighted by atomic mass is 19.1. The zero-order valence-corrected chi connectivity index (χ0v) is 14.5. The number of nitrogens with two attached hydrogens (primary N) is 1. The lowest BCUT2D eigenvalue weighted by molar-refractivity contribution is -0.126. The first-order chi connectivity index (χ1) is 12.8. The quantitative estimate of drug-likeness (QED) is 0.811. The van der Waals surface area contributed by atoms with Crippen LogP contribution in [0.25, 0.3) is 16.5 Å². The summed E-state index contributed by atoms with van der Waals surface area (Å²) in [5, 5.41) is 9.65. The van der Waals surface area contributed by atoms with Crippen molar-refractivity contribution in [2.45, 2.75) is 13.1 Å². The number of carbonyl (C=O) groups is 2. The molecule has 1 unspecified atom stereocenters. The SMILES string of the molecule is C=CC(=O)N1CC(c2c(F)cc(C(N)=O)c3[nH]c(C)c(C#N)c23)=CC(F)C1. The number of primary amides is 1. The Morgan fingerprint density at radius 1 is 1.52 bits per heavy atom. The lowest BCUT2D eigenvalue weighted by Crippen LogP contribution is -2.39. The second kappa shape index (κ2) is 6.68. The highest BCUT2D eigenvalue weighted by Crippen LogP contribution is 2.36. The molecule has 0 aliphatic carbocycles. The number of benzene rings is 1. The standard InChI is InChI=1S/C19H16F2N4O2/c1-3-15(26)25-7-10(4-11(20)8-25)16-14(21)5-12(19(23)27)18-17(16)13(6-22)9(2)24-18/h3-5,11,24H,1,7-8H2,2H3,(H2,23,27). The van der Waals surface area contributed by atoms with Crippen molar-refractivity contribution in [2.24, 2.45) is 5.73 Å². The highest BCUT2D eigenvalue weighted by Gasteiger charge is 2.29. The minimum absolute atomic E-state index is 0.0277. The van der Waals surface area contributed by atoms with Crippen LogP contribution >= 0.6 is 0 Å². The van der Waals surface area contributed by atoms with Crippen molar-refractivity contribution in [3.8, 4) is 6.07 Å². The van der Waals surface area contributed by atoms with Gasteiger partial charge in [-0.25, -0.2) is 8.78 Å². The van der Waals surface area contributed by atoms with Gasteiger partial charge in [0, 0.05) is 23.2 Å². The van der Waals surface area contributed by atoms with E-state index in [0.29, 0.717) is 5.69 Å². The summed E-state index contributed by atoms with van der Waals surface area (Å²) in [6.07, 6.45) is 0.769. The van der Waals surface area contributed by atoms with Gasteiger partial charge in [0.2, 0.25) is 5.91 Å². The molecule has 138 valence electrons. The summed E-state index contributed by atoms with van der Waals surface area (Å²) in [4.78, 5) is 27.7. The second-order valence-electron chi connectivity index (χ2n) is 6.26. The molecule has 3 rings (SSSR count). The maximum Gasteiger partial charge on any atom is 0.250 e. The Labute approximate surface area is 153 Å². The first-order valence-corrected chi connectivity index (χ1v) is 8.09. The van der Waals surface area contributed by atoms with E-state index in [9.17, 15) is 23.6 Å². The van der Waals surface area contributed by atoms with E-state index in [1.165, 1.54) is 11.0 Å². The summed E-state index contributed by atoms with van der Waals surface area (Å²) >= 11 is 0. The Bertz CT molecular complexity index is 1060. The van der Waals surface area contributed by atoms with Crippen LogP contribution in [0.15, 0.2) is 24.8 Å². The predicted octanol–water partition coefficient (Wildman–Crippen LogP) is 2.34. The first kappa shape index (κ1) is 18.3. The fourth-order valence-electron chi connectivity index (χ4n) is 3.38. The minimum atomic E-state index is -1.51. The molecule has 6 nitrogen and oxygen atoms in total. The lowest BCUT2D eigenvalue weighted by Gasteiger charge is -2.29. The van der Waals surface area contributed by atoms with Crippen molar-refractivity contribution >= 4 is 28.3 Å². The van der Waals surface area contributed by atoms with E-state index in [4.69, 9.17) is 5.73 Å². The molecule has 27 heavy (non-hydrogen) atoms. The van der Waals surface area contributed by atoms with Crippen LogP contribution in [0.1, 0.15) is 27.2 Å². The molecule has 0 radical (unpaired) electrons. The number of hydrogen-bond acceptors (Lipinski definition) is 3. The summed E-state index contributed by atoms with van der Waals surface area (Å²) in [6.45, 7) is 4.76. The molecule has 0 bridgehead atoms. The zero-order valence-electron chi connectivity index (χ0n) is 14.5. The zero-order chi connectivity index (χ0) is 19.9. The van der Waals surface area contributed by atoms with Crippen LogP contribution in [0.3, 0.4) is 0 Å². The van der Waals surface area contributed by atoms with Crippen LogP contribution in [-0.4, -0.2) is 41.0 Å². The number of nitrogens with one attached hydrogen (secondary N) is 1. The van der Waals surface area contributed by atoms with Crippen molar-refractivity contribution in [3.05, 3.63) is 53.0 Å². The summed E-state index contributed by atoms with van der Waals surface area (Å²) < 4.78 is 29.2. The monoisotopic (exact) mass is 370 g/mol. The Hall–Kier alpha value is -3.47. The van der Waals surface area contributed by atoms with E-state index in [-0.39, 0.29) is 46.3 Å². The predicted molar refractivity (Wildman–Crippen MR) is 95.9 cm³/mol. The number of nitrogens with zero attached hydrogens (tertiary/aromatic N) is 2. The number of carbonyl (C=O) groups excluding carboxylic acids is 2. The summed E-state index contributed by atoms with van der Waals surface area (Å²) in [5.41, 5.74) is 6.16. The van der Waals surface area contributed by atoms with E-state index in [0.717, 1.165) is 12.1 Å². The molecule has 2 amide bonds. The second-order valence-corrected chi connectivity index (χ2v) is 6.26. The van der Waals surface area contributed by atoms with Crippen LogP contribution in [-0.2, 0) is 4.79 Å². The molecule has 1 aliphatic heterocycles. The van der Waals surface area contributed by atoms with Gasteiger partial charge in [0.1, 0.15) is 18.1 Å². The van der Waals surface area contributed by atoms with Gasteiger partial charge in [0.05, 0.1) is 23.2 Å². The molecule has 3 N–H and O–H groups in total. The van der Waals surface area contributed by atoms with Gasteiger partial charge in [-0.3, -0.25) is 9.59 Å². The van der Waals surface area contributed by atoms with Crippen molar-refractivity contribution in [1.82, 2.24) is 9.88 Å². The third-order valence-corrected chi connectivity index (χ3v) is 4.54. The number of aromatic amines is 1.